The maximum Gasteiger partial charge on any atom is 0.191 e. The molecule has 0 aliphatic carbocycles. The maximum absolute atomic E-state index is 5.04. The number of ether oxygens (including phenoxy) is 1. The summed E-state index contributed by atoms with van der Waals surface area (Å²) in [6.45, 7) is 8.06. The van der Waals surface area contributed by atoms with Crippen LogP contribution in [0.2, 0.25) is 0 Å². The van der Waals surface area contributed by atoms with Gasteiger partial charge in [-0.1, -0.05) is 0 Å². The van der Waals surface area contributed by atoms with Gasteiger partial charge in [0.25, 0.3) is 0 Å². The summed E-state index contributed by atoms with van der Waals surface area (Å²) in [6.07, 6.45) is 3.54. The summed E-state index contributed by atoms with van der Waals surface area (Å²) in [5.41, 5.74) is 0. The quantitative estimate of drug-likeness (QED) is 0.296. The van der Waals surface area contributed by atoms with Crippen molar-refractivity contribution in [2.24, 2.45) is 10.9 Å². The van der Waals surface area contributed by atoms with Gasteiger partial charge in [0.05, 0.1) is 0 Å². The highest BCUT2D eigenvalue weighted by Crippen LogP contribution is 2.15. The van der Waals surface area contributed by atoms with Crippen molar-refractivity contribution in [2.45, 2.75) is 26.2 Å². The highest BCUT2D eigenvalue weighted by molar-refractivity contribution is 14.0. The molecule has 0 amide bonds. The number of nitrogens with zero attached hydrogens (tertiary/aromatic N) is 2. The third-order valence-corrected chi connectivity index (χ3v) is 3.51. The largest absolute Gasteiger partial charge is 0.385 e. The molecule has 0 atom stereocenters. The van der Waals surface area contributed by atoms with Crippen LogP contribution in [0.4, 0.5) is 0 Å². The first-order valence-electron chi connectivity index (χ1n) is 7.46. The maximum atomic E-state index is 5.04. The van der Waals surface area contributed by atoms with Crippen molar-refractivity contribution < 1.29 is 4.74 Å². The minimum Gasteiger partial charge on any atom is -0.385 e. The number of halogens is 1. The molecule has 0 bridgehead atoms. The summed E-state index contributed by atoms with van der Waals surface area (Å²) in [7, 11) is 3.93. The van der Waals surface area contributed by atoms with E-state index in [-0.39, 0.29) is 24.0 Å². The summed E-state index contributed by atoms with van der Waals surface area (Å²) in [5.74, 6) is 1.68. The van der Waals surface area contributed by atoms with E-state index in [1.165, 1.54) is 25.9 Å². The molecule has 6 heteroatoms. The van der Waals surface area contributed by atoms with E-state index in [9.17, 15) is 0 Å². The van der Waals surface area contributed by atoms with Crippen molar-refractivity contribution in [3.8, 4) is 0 Å². The van der Waals surface area contributed by atoms with E-state index in [4.69, 9.17) is 9.73 Å². The number of likely N-dealkylation sites (tertiary alicyclic amines) is 1. The molecule has 0 radical (unpaired) electrons. The SMILES string of the molecule is CCNC(=NCC1CCN(C)CC1)NCCCOC.I. The fourth-order valence-corrected chi connectivity index (χ4v) is 2.23. The summed E-state index contributed by atoms with van der Waals surface area (Å²) >= 11 is 0. The van der Waals surface area contributed by atoms with Gasteiger partial charge in [-0.3, -0.25) is 4.99 Å². The highest BCUT2D eigenvalue weighted by Gasteiger charge is 2.16. The molecule has 0 aromatic heterocycles. The molecule has 20 heavy (non-hydrogen) atoms. The predicted octanol–water partition coefficient (Wildman–Crippen LogP) is 1.54. The molecular weight excluding hydrogens is 367 g/mol. The Balaban J connectivity index is 0.00000361. The summed E-state index contributed by atoms with van der Waals surface area (Å²) in [6, 6.07) is 0. The lowest BCUT2D eigenvalue weighted by Gasteiger charge is -2.28. The van der Waals surface area contributed by atoms with Crippen molar-refractivity contribution >= 4 is 29.9 Å². The number of methoxy groups -OCH3 is 1. The molecule has 0 saturated carbocycles. The second-order valence-corrected chi connectivity index (χ2v) is 5.24. The van der Waals surface area contributed by atoms with Gasteiger partial charge >= 0.3 is 0 Å². The van der Waals surface area contributed by atoms with Crippen LogP contribution in [0.25, 0.3) is 0 Å². The van der Waals surface area contributed by atoms with Crippen molar-refractivity contribution in [3.63, 3.8) is 0 Å². The van der Waals surface area contributed by atoms with Crippen LogP contribution < -0.4 is 10.6 Å². The average molecular weight is 398 g/mol. The van der Waals surface area contributed by atoms with E-state index in [1.54, 1.807) is 7.11 Å². The normalized spacial score (nSPS) is 17.6. The molecule has 1 aliphatic heterocycles. The van der Waals surface area contributed by atoms with Crippen LogP contribution in [0, 0.1) is 5.92 Å². The molecule has 1 saturated heterocycles. The Labute approximate surface area is 140 Å². The van der Waals surface area contributed by atoms with Gasteiger partial charge in [0, 0.05) is 33.4 Å². The third kappa shape index (κ3) is 8.97. The van der Waals surface area contributed by atoms with Crippen LogP contribution in [-0.2, 0) is 4.74 Å². The van der Waals surface area contributed by atoms with Gasteiger partial charge in [0.2, 0.25) is 0 Å². The molecular formula is C14H31IN4O. The van der Waals surface area contributed by atoms with E-state index in [0.717, 1.165) is 44.5 Å². The molecule has 1 rings (SSSR count). The molecule has 1 aliphatic rings. The lowest BCUT2D eigenvalue weighted by atomic mass is 9.97. The Kier molecular flexibility index (Phi) is 12.6. The smallest absolute Gasteiger partial charge is 0.191 e. The van der Waals surface area contributed by atoms with Crippen LogP contribution >= 0.6 is 24.0 Å². The molecule has 5 nitrogen and oxygen atoms in total. The van der Waals surface area contributed by atoms with Gasteiger partial charge in [-0.15, -0.1) is 24.0 Å². The Morgan fingerprint density at radius 2 is 2.00 bits per heavy atom. The van der Waals surface area contributed by atoms with Crippen LogP contribution in [-0.4, -0.2) is 64.3 Å². The fourth-order valence-electron chi connectivity index (χ4n) is 2.23. The average Bonchev–Trinajstić information content (AvgIpc) is 2.42. The number of aliphatic imine (C=N–C) groups is 1. The minimum atomic E-state index is 0. The third-order valence-electron chi connectivity index (χ3n) is 3.51. The van der Waals surface area contributed by atoms with Crippen LogP contribution in [0.15, 0.2) is 4.99 Å². The molecule has 0 unspecified atom stereocenters. The first-order valence-corrected chi connectivity index (χ1v) is 7.46. The lowest BCUT2D eigenvalue weighted by Crippen LogP contribution is -2.39. The molecule has 0 spiro atoms. The zero-order valence-electron chi connectivity index (χ0n) is 13.2. The number of rotatable bonds is 7. The molecule has 1 fully saturated rings. The van der Waals surface area contributed by atoms with Gasteiger partial charge in [0.15, 0.2) is 5.96 Å². The van der Waals surface area contributed by atoms with Crippen molar-refractivity contribution in [3.05, 3.63) is 0 Å². The zero-order chi connectivity index (χ0) is 13.9. The first-order chi connectivity index (χ1) is 9.26. The molecule has 2 N–H and O–H groups in total. The number of nitrogens with one attached hydrogen (secondary N) is 2. The second-order valence-electron chi connectivity index (χ2n) is 5.24. The zero-order valence-corrected chi connectivity index (χ0v) is 15.5. The molecule has 1 heterocycles. The molecule has 120 valence electrons. The van der Waals surface area contributed by atoms with Crippen molar-refractivity contribution in [1.82, 2.24) is 15.5 Å². The first kappa shape index (κ1) is 19.9. The number of hydrogen-bond acceptors (Lipinski definition) is 3. The van der Waals surface area contributed by atoms with Crippen LogP contribution in [0.5, 0.6) is 0 Å². The Morgan fingerprint density at radius 3 is 2.60 bits per heavy atom. The van der Waals surface area contributed by atoms with Crippen LogP contribution in [0.1, 0.15) is 26.2 Å². The second kappa shape index (κ2) is 12.6. The number of guanidine groups is 1. The van der Waals surface area contributed by atoms with Gasteiger partial charge < -0.3 is 20.3 Å². The van der Waals surface area contributed by atoms with E-state index < -0.39 is 0 Å². The monoisotopic (exact) mass is 398 g/mol. The van der Waals surface area contributed by atoms with E-state index in [1.807, 2.05) is 0 Å². The molecule has 0 aromatic rings. The minimum absolute atomic E-state index is 0. The van der Waals surface area contributed by atoms with Gasteiger partial charge in [-0.25, -0.2) is 0 Å². The fraction of sp³-hybridized carbons (Fsp3) is 0.929. The lowest BCUT2D eigenvalue weighted by molar-refractivity contribution is 0.195. The molecule has 0 aromatic carbocycles. The summed E-state index contributed by atoms with van der Waals surface area (Å²) in [5, 5.41) is 6.65. The standard InChI is InChI=1S/C14H30N4O.HI/c1-4-15-14(16-8-5-11-19-3)17-12-13-6-9-18(2)10-7-13;/h13H,4-12H2,1-3H3,(H2,15,16,17);1H. The van der Waals surface area contributed by atoms with Crippen molar-refractivity contribution in [1.29, 1.82) is 0 Å². The summed E-state index contributed by atoms with van der Waals surface area (Å²) < 4.78 is 5.04. The Hall–Kier alpha value is -0.0800. The van der Waals surface area contributed by atoms with E-state index >= 15 is 0 Å². The number of hydrogen-bond donors (Lipinski definition) is 2. The van der Waals surface area contributed by atoms with Gasteiger partial charge in [-0.05, 0) is 52.2 Å². The highest BCUT2D eigenvalue weighted by atomic mass is 127. The Bertz CT molecular complexity index is 256. The topological polar surface area (TPSA) is 48.9 Å². The Morgan fingerprint density at radius 1 is 1.30 bits per heavy atom. The number of piperidine rings is 1. The van der Waals surface area contributed by atoms with E-state index in [2.05, 4.69) is 29.5 Å². The van der Waals surface area contributed by atoms with E-state index in [0.29, 0.717) is 0 Å². The van der Waals surface area contributed by atoms with Gasteiger partial charge in [0.1, 0.15) is 0 Å². The van der Waals surface area contributed by atoms with Crippen LogP contribution in [0.3, 0.4) is 0 Å². The summed E-state index contributed by atoms with van der Waals surface area (Å²) in [4.78, 5) is 7.09. The van der Waals surface area contributed by atoms with Crippen molar-refractivity contribution in [2.75, 3.05) is 53.5 Å². The predicted molar refractivity (Wildman–Crippen MR) is 96.1 cm³/mol. The van der Waals surface area contributed by atoms with Gasteiger partial charge in [-0.2, -0.15) is 0 Å².